The fourth-order valence-corrected chi connectivity index (χ4v) is 3.97. The van der Waals surface area contributed by atoms with Crippen LogP contribution in [0.4, 0.5) is 5.69 Å². The van der Waals surface area contributed by atoms with Crippen molar-refractivity contribution in [1.29, 1.82) is 0 Å². The minimum atomic E-state index is -3.64. The van der Waals surface area contributed by atoms with E-state index < -0.39 is 10.0 Å². The fourth-order valence-electron chi connectivity index (χ4n) is 3.12. The highest BCUT2D eigenvalue weighted by atomic mass is 32.2. The Bertz CT molecular complexity index is 770. The molecule has 2 rings (SSSR count). The first kappa shape index (κ1) is 22.0. The molecule has 0 bridgehead atoms. The Labute approximate surface area is 166 Å². The molecule has 1 heterocycles. The van der Waals surface area contributed by atoms with Gasteiger partial charge in [0.1, 0.15) is 12.3 Å². The predicted octanol–water partition coefficient (Wildman–Crippen LogP) is 1.65. The van der Waals surface area contributed by atoms with Crippen LogP contribution in [0, 0.1) is 5.92 Å². The zero-order chi connectivity index (χ0) is 20.7. The van der Waals surface area contributed by atoms with Crippen molar-refractivity contribution in [3.63, 3.8) is 0 Å². The van der Waals surface area contributed by atoms with E-state index >= 15 is 0 Å². The molecule has 1 amide bonds. The summed E-state index contributed by atoms with van der Waals surface area (Å²) < 4.78 is 36.0. The largest absolute Gasteiger partial charge is 0.494 e. The van der Waals surface area contributed by atoms with Gasteiger partial charge in [0, 0.05) is 13.1 Å². The molecule has 0 N–H and O–H groups in total. The number of sulfonamides is 1. The minimum absolute atomic E-state index is 0.207. The maximum Gasteiger partial charge on any atom is 0.309 e. The minimum Gasteiger partial charge on any atom is -0.494 e. The van der Waals surface area contributed by atoms with Gasteiger partial charge < -0.3 is 14.4 Å². The Morgan fingerprint density at radius 1 is 1.11 bits per heavy atom. The molecule has 156 valence electrons. The number of ether oxygens (including phenoxy) is 2. The molecule has 0 radical (unpaired) electrons. The topological polar surface area (TPSA) is 93.2 Å². The average Bonchev–Trinajstić information content (AvgIpc) is 2.66. The maximum atomic E-state index is 12.7. The zero-order valence-corrected chi connectivity index (χ0v) is 17.4. The van der Waals surface area contributed by atoms with Gasteiger partial charge in [0.15, 0.2) is 0 Å². The van der Waals surface area contributed by atoms with Crippen LogP contribution in [-0.4, -0.2) is 64.3 Å². The number of rotatable bonds is 8. The highest BCUT2D eigenvalue weighted by Gasteiger charge is 2.30. The van der Waals surface area contributed by atoms with Crippen molar-refractivity contribution in [3.8, 4) is 5.75 Å². The van der Waals surface area contributed by atoms with E-state index in [1.807, 2.05) is 6.92 Å². The molecule has 1 aliphatic heterocycles. The van der Waals surface area contributed by atoms with Crippen molar-refractivity contribution in [2.75, 3.05) is 43.4 Å². The Morgan fingerprint density at radius 2 is 1.71 bits per heavy atom. The highest BCUT2D eigenvalue weighted by molar-refractivity contribution is 7.92. The van der Waals surface area contributed by atoms with E-state index in [-0.39, 0.29) is 24.3 Å². The van der Waals surface area contributed by atoms with Crippen LogP contribution in [0.3, 0.4) is 0 Å². The van der Waals surface area contributed by atoms with Gasteiger partial charge >= 0.3 is 5.97 Å². The fraction of sp³-hybridized carbons (Fsp3) is 0.579. The summed E-state index contributed by atoms with van der Waals surface area (Å²) in [5.74, 6) is -0.100. The molecular weight excluding hydrogens is 384 g/mol. The second-order valence-corrected chi connectivity index (χ2v) is 8.51. The molecular formula is C19H28N2O6S. The first-order valence-corrected chi connectivity index (χ1v) is 11.3. The maximum absolute atomic E-state index is 12.7. The zero-order valence-electron chi connectivity index (χ0n) is 16.6. The summed E-state index contributed by atoms with van der Waals surface area (Å²) in [7, 11) is -3.64. The van der Waals surface area contributed by atoms with Crippen LogP contribution < -0.4 is 9.04 Å². The Morgan fingerprint density at radius 3 is 2.21 bits per heavy atom. The summed E-state index contributed by atoms with van der Waals surface area (Å²) in [6.45, 7) is 5.00. The molecule has 0 aliphatic carbocycles. The van der Waals surface area contributed by atoms with Crippen LogP contribution in [0.5, 0.6) is 5.75 Å². The van der Waals surface area contributed by atoms with Crippen LogP contribution in [0.15, 0.2) is 24.3 Å². The van der Waals surface area contributed by atoms with Gasteiger partial charge in [0.05, 0.1) is 31.1 Å². The monoisotopic (exact) mass is 412 g/mol. The number of hydrogen-bond donors (Lipinski definition) is 0. The number of anilines is 1. The molecule has 1 saturated heterocycles. The first-order valence-electron chi connectivity index (χ1n) is 9.41. The molecule has 8 nitrogen and oxygen atoms in total. The van der Waals surface area contributed by atoms with E-state index in [1.165, 1.54) is 0 Å². The third-order valence-electron chi connectivity index (χ3n) is 4.58. The second kappa shape index (κ2) is 9.77. The van der Waals surface area contributed by atoms with Crippen LogP contribution in [0.25, 0.3) is 0 Å². The van der Waals surface area contributed by atoms with Gasteiger partial charge in [0.2, 0.25) is 15.9 Å². The molecule has 0 unspecified atom stereocenters. The lowest BCUT2D eigenvalue weighted by atomic mass is 9.97. The number of nitrogens with zero attached hydrogens (tertiary/aromatic N) is 2. The van der Waals surface area contributed by atoms with Gasteiger partial charge in [-0.3, -0.25) is 13.9 Å². The summed E-state index contributed by atoms with van der Waals surface area (Å²) in [6.07, 6.45) is 2.11. The number of carbonyl (C=O) groups excluding carboxylic acids is 2. The lowest BCUT2D eigenvalue weighted by molar-refractivity contribution is -0.151. The van der Waals surface area contributed by atoms with E-state index in [4.69, 9.17) is 9.47 Å². The average molecular weight is 413 g/mol. The summed E-state index contributed by atoms with van der Waals surface area (Å²) in [5, 5.41) is 0. The normalized spacial score (nSPS) is 15.2. The number of hydrogen-bond acceptors (Lipinski definition) is 6. The summed E-state index contributed by atoms with van der Waals surface area (Å²) in [4.78, 5) is 26.1. The Kier molecular flexibility index (Phi) is 7.68. The second-order valence-electron chi connectivity index (χ2n) is 6.60. The molecule has 1 aliphatic rings. The third-order valence-corrected chi connectivity index (χ3v) is 5.72. The van der Waals surface area contributed by atoms with Crippen LogP contribution in [0.2, 0.25) is 0 Å². The van der Waals surface area contributed by atoms with Crippen molar-refractivity contribution < 1.29 is 27.5 Å². The van der Waals surface area contributed by atoms with Gasteiger partial charge in [-0.2, -0.15) is 0 Å². The summed E-state index contributed by atoms with van der Waals surface area (Å²) in [5.41, 5.74) is 0.403. The highest BCUT2D eigenvalue weighted by Crippen LogP contribution is 2.23. The van der Waals surface area contributed by atoms with E-state index in [0.29, 0.717) is 50.6 Å². The SMILES string of the molecule is CCOC(=O)C1CCN(C(=O)CN(c2ccc(OCC)cc2)S(C)(=O)=O)CC1. The van der Waals surface area contributed by atoms with E-state index in [0.717, 1.165) is 10.6 Å². The van der Waals surface area contributed by atoms with Crippen molar-refractivity contribution in [1.82, 2.24) is 4.90 Å². The van der Waals surface area contributed by atoms with E-state index in [2.05, 4.69) is 0 Å². The molecule has 0 aromatic heterocycles. The summed E-state index contributed by atoms with van der Waals surface area (Å²) >= 11 is 0. The van der Waals surface area contributed by atoms with Gasteiger partial charge in [-0.25, -0.2) is 8.42 Å². The summed E-state index contributed by atoms with van der Waals surface area (Å²) in [6, 6.07) is 6.58. The van der Waals surface area contributed by atoms with Gasteiger partial charge in [-0.1, -0.05) is 0 Å². The smallest absolute Gasteiger partial charge is 0.309 e. The molecule has 1 fully saturated rings. The number of piperidine rings is 1. The lowest BCUT2D eigenvalue weighted by Crippen LogP contribution is -2.46. The molecule has 0 atom stereocenters. The van der Waals surface area contributed by atoms with Crippen molar-refractivity contribution in [2.45, 2.75) is 26.7 Å². The molecule has 1 aromatic carbocycles. The van der Waals surface area contributed by atoms with E-state index in [1.54, 1.807) is 36.1 Å². The third kappa shape index (κ3) is 5.85. The Balaban J connectivity index is 2.03. The number of carbonyl (C=O) groups is 2. The van der Waals surface area contributed by atoms with Gasteiger partial charge in [-0.15, -0.1) is 0 Å². The van der Waals surface area contributed by atoms with Crippen molar-refractivity contribution in [2.24, 2.45) is 5.92 Å². The van der Waals surface area contributed by atoms with Crippen LogP contribution >= 0.6 is 0 Å². The molecule has 1 aromatic rings. The predicted molar refractivity (Wildman–Crippen MR) is 106 cm³/mol. The lowest BCUT2D eigenvalue weighted by Gasteiger charge is -2.32. The number of benzene rings is 1. The van der Waals surface area contributed by atoms with Crippen molar-refractivity contribution in [3.05, 3.63) is 24.3 Å². The van der Waals surface area contributed by atoms with Crippen molar-refractivity contribution >= 4 is 27.6 Å². The van der Waals surface area contributed by atoms with Crippen LogP contribution in [0.1, 0.15) is 26.7 Å². The standard InChI is InChI=1S/C19H28N2O6S/c1-4-26-17-8-6-16(7-9-17)21(28(3,24)25)14-18(22)20-12-10-15(11-13-20)19(23)27-5-2/h6-9,15H,4-5,10-14H2,1-3H3. The van der Waals surface area contributed by atoms with Gasteiger partial charge in [-0.05, 0) is 51.0 Å². The molecule has 0 saturated carbocycles. The number of amides is 1. The number of likely N-dealkylation sites (tertiary alicyclic amines) is 1. The molecule has 9 heteroatoms. The quantitative estimate of drug-likeness (QED) is 0.603. The van der Waals surface area contributed by atoms with E-state index in [9.17, 15) is 18.0 Å². The number of esters is 1. The molecule has 0 spiro atoms. The Hall–Kier alpha value is -2.29. The first-order chi connectivity index (χ1) is 13.3. The molecule has 28 heavy (non-hydrogen) atoms. The van der Waals surface area contributed by atoms with Gasteiger partial charge in [0.25, 0.3) is 0 Å². The van der Waals surface area contributed by atoms with Crippen LogP contribution in [-0.2, 0) is 24.3 Å².